The van der Waals surface area contributed by atoms with Crippen LogP contribution < -0.4 is 5.32 Å². The van der Waals surface area contributed by atoms with Gasteiger partial charge in [-0.05, 0) is 28.7 Å². The van der Waals surface area contributed by atoms with Gasteiger partial charge in [-0.3, -0.25) is 4.68 Å². The van der Waals surface area contributed by atoms with Gasteiger partial charge in [0.15, 0.2) is 11.6 Å². The first-order valence-corrected chi connectivity index (χ1v) is 8.32. The van der Waals surface area contributed by atoms with Crippen molar-refractivity contribution in [3.63, 3.8) is 0 Å². The Hall–Kier alpha value is -2.24. The van der Waals surface area contributed by atoms with Crippen molar-refractivity contribution in [1.82, 2.24) is 14.7 Å². The number of ether oxygens (including phenoxy) is 1. The predicted octanol–water partition coefficient (Wildman–Crippen LogP) is 2.60. The molecule has 0 aliphatic carbocycles. The first-order chi connectivity index (χ1) is 11.9. The van der Waals surface area contributed by atoms with Crippen molar-refractivity contribution >= 4 is 40.3 Å². The second kappa shape index (κ2) is 6.94. The number of aromatic nitrogens is 2. The van der Waals surface area contributed by atoms with Gasteiger partial charge in [-0.2, -0.15) is 5.10 Å². The molecule has 0 fully saturated rings. The van der Waals surface area contributed by atoms with E-state index in [1.54, 1.807) is 27.3 Å². The van der Waals surface area contributed by atoms with Crippen LogP contribution in [0.4, 0.5) is 19.3 Å². The molecule has 1 aromatic carbocycles. The Morgan fingerprint density at radius 3 is 2.76 bits per heavy atom. The molecule has 3 rings (SSSR count). The summed E-state index contributed by atoms with van der Waals surface area (Å²) < 4.78 is 33.2. The maximum Gasteiger partial charge on any atom is 0.341 e. The van der Waals surface area contributed by atoms with Crippen LogP contribution in [0.2, 0.25) is 0 Å². The van der Waals surface area contributed by atoms with Gasteiger partial charge in [0.25, 0.3) is 0 Å². The van der Waals surface area contributed by atoms with Gasteiger partial charge in [-0.1, -0.05) is 0 Å². The molecule has 7 nitrogen and oxygen atoms in total. The highest BCUT2D eigenvalue weighted by atomic mass is 127. The van der Waals surface area contributed by atoms with E-state index in [2.05, 4.69) is 10.4 Å². The number of hydrogen-bond donors (Lipinski definition) is 1. The Morgan fingerprint density at radius 2 is 2.08 bits per heavy atom. The van der Waals surface area contributed by atoms with Crippen molar-refractivity contribution in [1.29, 1.82) is 0 Å². The summed E-state index contributed by atoms with van der Waals surface area (Å²) in [4.78, 5) is 25.6. The van der Waals surface area contributed by atoms with Gasteiger partial charge >= 0.3 is 12.0 Å². The minimum Gasteiger partial charge on any atom is -0.465 e. The number of rotatable bonds is 2. The normalized spacial score (nSPS) is 13.4. The van der Waals surface area contributed by atoms with E-state index in [-0.39, 0.29) is 15.8 Å². The third kappa shape index (κ3) is 3.43. The van der Waals surface area contributed by atoms with E-state index in [0.717, 1.165) is 6.07 Å². The lowest BCUT2D eigenvalue weighted by atomic mass is 10.2. The summed E-state index contributed by atoms with van der Waals surface area (Å²) in [7, 11) is 1.27. The maximum atomic E-state index is 13.5. The molecule has 132 valence electrons. The van der Waals surface area contributed by atoms with Crippen molar-refractivity contribution in [3.05, 3.63) is 44.8 Å². The molecule has 1 N–H and O–H groups in total. The van der Waals surface area contributed by atoms with E-state index in [0.29, 0.717) is 24.3 Å². The Morgan fingerprint density at radius 1 is 1.32 bits per heavy atom. The Kier molecular flexibility index (Phi) is 4.88. The van der Waals surface area contributed by atoms with Crippen LogP contribution in [0.15, 0.2) is 18.3 Å². The largest absolute Gasteiger partial charge is 0.465 e. The van der Waals surface area contributed by atoms with Gasteiger partial charge in [-0.15, -0.1) is 0 Å². The molecule has 10 heteroatoms. The first kappa shape index (κ1) is 17.6. The molecule has 0 saturated heterocycles. The predicted molar refractivity (Wildman–Crippen MR) is 92.1 cm³/mol. The smallest absolute Gasteiger partial charge is 0.341 e. The molecule has 2 aromatic rings. The van der Waals surface area contributed by atoms with E-state index in [4.69, 9.17) is 4.74 Å². The van der Waals surface area contributed by atoms with Gasteiger partial charge in [0.1, 0.15) is 5.56 Å². The van der Waals surface area contributed by atoms with Crippen LogP contribution in [-0.2, 0) is 17.8 Å². The van der Waals surface area contributed by atoms with Gasteiger partial charge in [0.05, 0.1) is 35.7 Å². The standard InChI is InChI=1S/C15H13F2IN4O3/c1-25-14(23)9-6-19-22-3-2-21(7-12(9)22)15(24)20-8-4-10(16)13(17)11(18)5-8/h4-6H,2-3,7H2,1H3,(H,20,24). The van der Waals surface area contributed by atoms with Crippen LogP contribution in [0.3, 0.4) is 0 Å². The first-order valence-electron chi connectivity index (χ1n) is 7.24. The van der Waals surface area contributed by atoms with Crippen LogP contribution in [0.5, 0.6) is 0 Å². The van der Waals surface area contributed by atoms with E-state index < -0.39 is 23.6 Å². The van der Waals surface area contributed by atoms with Crippen molar-refractivity contribution in [2.45, 2.75) is 13.1 Å². The second-order valence-corrected chi connectivity index (χ2v) is 6.49. The molecule has 0 saturated carbocycles. The molecule has 1 aliphatic rings. The number of urea groups is 1. The Bertz CT molecular complexity index is 832. The van der Waals surface area contributed by atoms with Crippen LogP contribution in [0.25, 0.3) is 0 Å². The average Bonchev–Trinajstić information content (AvgIpc) is 3.02. The van der Waals surface area contributed by atoms with E-state index in [1.165, 1.54) is 24.3 Å². The molecule has 0 spiro atoms. The molecule has 0 atom stereocenters. The van der Waals surface area contributed by atoms with Gasteiger partial charge in [0, 0.05) is 18.3 Å². The summed E-state index contributed by atoms with van der Waals surface area (Å²) in [5.74, 6) is -2.52. The quantitative estimate of drug-likeness (QED) is 0.423. The fourth-order valence-electron chi connectivity index (χ4n) is 2.53. The number of nitrogens with one attached hydrogen (secondary N) is 1. The van der Waals surface area contributed by atoms with Crippen LogP contribution in [0, 0.1) is 15.2 Å². The fourth-order valence-corrected chi connectivity index (χ4v) is 3.12. The number of anilines is 1. The molecule has 1 aliphatic heterocycles. The van der Waals surface area contributed by atoms with Crippen molar-refractivity contribution in [2.75, 3.05) is 19.0 Å². The summed E-state index contributed by atoms with van der Waals surface area (Å²) in [6.07, 6.45) is 1.40. The molecule has 0 unspecified atom stereocenters. The summed E-state index contributed by atoms with van der Waals surface area (Å²) in [5.41, 5.74) is 1.01. The number of halogens is 3. The summed E-state index contributed by atoms with van der Waals surface area (Å²) >= 11 is 1.65. The van der Waals surface area contributed by atoms with Gasteiger partial charge in [0.2, 0.25) is 0 Å². The topological polar surface area (TPSA) is 76.5 Å². The van der Waals surface area contributed by atoms with Crippen molar-refractivity contribution in [2.24, 2.45) is 0 Å². The van der Waals surface area contributed by atoms with Gasteiger partial charge < -0.3 is 15.0 Å². The lowest BCUT2D eigenvalue weighted by Crippen LogP contribution is -2.41. The second-order valence-electron chi connectivity index (χ2n) is 5.33. The number of fused-ring (bicyclic) bond motifs is 1. The van der Waals surface area contributed by atoms with E-state index in [1.807, 2.05) is 0 Å². The lowest BCUT2D eigenvalue weighted by Gasteiger charge is -2.28. The highest BCUT2D eigenvalue weighted by molar-refractivity contribution is 14.1. The molecule has 0 radical (unpaired) electrons. The molecular formula is C15H13F2IN4O3. The number of nitrogens with zero attached hydrogens (tertiary/aromatic N) is 3. The third-order valence-corrected chi connectivity index (χ3v) is 4.58. The zero-order valence-corrected chi connectivity index (χ0v) is 15.2. The molecule has 2 heterocycles. The van der Waals surface area contributed by atoms with Crippen LogP contribution in [-0.4, -0.2) is 40.3 Å². The summed E-state index contributed by atoms with van der Waals surface area (Å²) in [6, 6.07) is 1.78. The molecule has 0 bridgehead atoms. The fraction of sp³-hybridized carbons (Fsp3) is 0.267. The Labute approximate surface area is 155 Å². The minimum absolute atomic E-state index is 0.0672. The van der Waals surface area contributed by atoms with E-state index in [9.17, 15) is 18.4 Å². The molecule has 1 aromatic heterocycles. The number of esters is 1. The van der Waals surface area contributed by atoms with Gasteiger partial charge in [-0.25, -0.2) is 18.4 Å². The summed E-state index contributed by atoms with van der Waals surface area (Å²) in [6.45, 7) is 0.925. The Balaban J connectivity index is 1.77. The third-order valence-electron chi connectivity index (χ3n) is 3.80. The highest BCUT2D eigenvalue weighted by Crippen LogP contribution is 2.22. The number of methoxy groups -OCH3 is 1. The van der Waals surface area contributed by atoms with Crippen LogP contribution >= 0.6 is 22.6 Å². The maximum absolute atomic E-state index is 13.5. The highest BCUT2D eigenvalue weighted by Gasteiger charge is 2.27. The number of amides is 2. The van der Waals surface area contributed by atoms with Crippen molar-refractivity contribution in [3.8, 4) is 0 Å². The average molecular weight is 462 g/mol. The molecule has 25 heavy (non-hydrogen) atoms. The number of benzene rings is 1. The number of carbonyl (C=O) groups is 2. The van der Waals surface area contributed by atoms with Crippen LogP contribution in [0.1, 0.15) is 16.1 Å². The summed E-state index contributed by atoms with van der Waals surface area (Å²) in [5, 5.41) is 6.64. The monoisotopic (exact) mass is 462 g/mol. The number of carbonyl (C=O) groups excluding carboxylic acids is 2. The molecule has 2 amide bonds. The zero-order valence-electron chi connectivity index (χ0n) is 13.1. The zero-order chi connectivity index (χ0) is 18.1. The lowest BCUT2D eigenvalue weighted by molar-refractivity contribution is 0.0597. The number of hydrogen-bond acceptors (Lipinski definition) is 4. The molecular weight excluding hydrogens is 449 g/mol. The SMILES string of the molecule is COC(=O)c1cnn2c1CN(C(=O)Nc1cc(F)c(F)c(I)c1)CC2. The van der Waals surface area contributed by atoms with Crippen molar-refractivity contribution < 1.29 is 23.1 Å². The van der Waals surface area contributed by atoms with E-state index >= 15 is 0 Å². The minimum atomic E-state index is -1.04.